The molecule has 0 fully saturated rings. The van der Waals surface area contributed by atoms with Crippen LogP contribution in [0.5, 0.6) is 0 Å². The molecule has 20 heavy (non-hydrogen) atoms. The lowest BCUT2D eigenvalue weighted by Gasteiger charge is -2.26. The minimum Gasteiger partial charge on any atom is -0.389 e. The van der Waals surface area contributed by atoms with Gasteiger partial charge in [-0.25, -0.2) is 17.1 Å². The number of nitrogens with two attached hydrogens (primary N) is 1. The van der Waals surface area contributed by atoms with Gasteiger partial charge in [0.15, 0.2) is 0 Å². The van der Waals surface area contributed by atoms with Gasteiger partial charge in [0, 0.05) is 13.6 Å². The average Bonchev–Trinajstić information content (AvgIpc) is 2.25. The topological polar surface area (TPSA) is 63.4 Å². The lowest BCUT2D eigenvalue weighted by molar-refractivity contribution is 0.310. The highest BCUT2D eigenvalue weighted by Gasteiger charge is 2.29. The Hall–Kier alpha value is -1.05. The normalized spacial score (nSPS) is 12.7. The van der Waals surface area contributed by atoms with E-state index in [1.807, 2.05) is 20.8 Å². The van der Waals surface area contributed by atoms with E-state index in [4.69, 9.17) is 18.0 Å². The Morgan fingerprint density at radius 1 is 1.40 bits per heavy atom. The first kappa shape index (κ1) is 17.0. The molecule has 4 nitrogen and oxygen atoms in total. The Morgan fingerprint density at radius 3 is 2.40 bits per heavy atom. The van der Waals surface area contributed by atoms with Crippen molar-refractivity contribution < 1.29 is 12.8 Å². The fourth-order valence-corrected chi connectivity index (χ4v) is 3.76. The van der Waals surface area contributed by atoms with Crippen LogP contribution in [0.2, 0.25) is 0 Å². The van der Waals surface area contributed by atoms with Crippen LogP contribution in [-0.4, -0.2) is 31.3 Å². The summed E-state index contributed by atoms with van der Waals surface area (Å²) in [5.74, 6) is -0.734. The van der Waals surface area contributed by atoms with E-state index in [-0.39, 0.29) is 20.9 Å². The monoisotopic (exact) mass is 318 g/mol. The van der Waals surface area contributed by atoms with Crippen LogP contribution in [0.25, 0.3) is 0 Å². The standard InChI is InChI=1S/C13H19FN2O2S2/c1-13(2,3)8-16(4)20(17,18)10-7-5-6-9(14)11(10)12(15)19/h5-7H,8H2,1-4H3,(H2,15,19). The fraction of sp³-hybridized carbons (Fsp3) is 0.462. The van der Waals surface area contributed by atoms with Gasteiger partial charge in [0.05, 0.1) is 10.5 Å². The summed E-state index contributed by atoms with van der Waals surface area (Å²) in [6.07, 6.45) is 0. The first-order chi connectivity index (χ1) is 8.97. The Morgan fingerprint density at radius 2 is 1.95 bits per heavy atom. The van der Waals surface area contributed by atoms with Gasteiger partial charge in [0.25, 0.3) is 0 Å². The molecule has 0 heterocycles. The van der Waals surface area contributed by atoms with Crippen molar-refractivity contribution in [2.75, 3.05) is 13.6 Å². The first-order valence-corrected chi connectivity index (χ1v) is 7.86. The van der Waals surface area contributed by atoms with E-state index in [9.17, 15) is 12.8 Å². The molecule has 0 unspecified atom stereocenters. The molecular weight excluding hydrogens is 299 g/mol. The molecule has 0 aromatic heterocycles. The summed E-state index contributed by atoms with van der Waals surface area (Å²) in [6, 6.07) is 3.78. The van der Waals surface area contributed by atoms with Crippen LogP contribution in [0.1, 0.15) is 26.3 Å². The molecule has 1 rings (SSSR count). The van der Waals surface area contributed by atoms with E-state index in [0.29, 0.717) is 6.54 Å². The number of benzene rings is 1. The van der Waals surface area contributed by atoms with Gasteiger partial charge < -0.3 is 5.73 Å². The zero-order valence-electron chi connectivity index (χ0n) is 12.0. The predicted molar refractivity (Wildman–Crippen MR) is 81.6 cm³/mol. The number of hydrogen-bond acceptors (Lipinski definition) is 3. The second-order valence-electron chi connectivity index (χ2n) is 5.80. The number of nitrogens with zero attached hydrogens (tertiary/aromatic N) is 1. The zero-order chi connectivity index (χ0) is 15.7. The second-order valence-corrected chi connectivity index (χ2v) is 8.25. The Kier molecular flexibility index (Phi) is 4.89. The van der Waals surface area contributed by atoms with Gasteiger partial charge in [-0.2, -0.15) is 0 Å². The molecule has 0 bridgehead atoms. The van der Waals surface area contributed by atoms with Crippen LogP contribution in [0.4, 0.5) is 4.39 Å². The molecule has 1 aromatic carbocycles. The largest absolute Gasteiger partial charge is 0.389 e. The maximum atomic E-state index is 13.8. The fourth-order valence-electron chi connectivity index (χ4n) is 1.88. The molecule has 1 aromatic rings. The Labute approximate surface area is 124 Å². The molecule has 0 saturated carbocycles. The number of sulfonamides is 1. The van der Waals surface area contributed by atoms with Crippen molar-refractivity contribution >= 4 is 27.2 Å². The summed E-state index contributed by atoms with van der Waals surface area (Å²) in [5.41, 5.74) is 4.99. The summed E-state index contributed by atoms with van der Waals surface area (Å²) >= 11 is 4.76. The van der Waals surface area contributed by atoms with Gasteiger partial charge in [-0.1, -0.05) is 39.1 Å². The Balaban J connectivity index is 3.37. The van der Waals surface area contributed by atoms with E-state index in [2.05, 4.69) is 0 Å². The van der Waals surface area contributed by atoms with E-state index >= 15 is 0 Å². The van der Waals surface area contributed by atoms with Gasteiger partial charge >= 0.3 is 0 Å². The van der Waals surface area contributed by atoms with Crippen molar-refractivity contribution in [1.82, 2.24) is 4.31 Å². The van der Waals surface area contributed by atoms with Gasteiger partial charge in [0.1, 0.15) is 10.8 Å². The smallest absolute Gasteiger partial charge is 0.243 e. The molecule has 0 aliphatic heterocycles. The maximum absolute atomic E-state index is 13.8. The van der Waals surface area contributed by atoms with Crippen LogP contribution in [0.15, 0.2) is 23.1 Å². The van der Waals surface area contributed by atoms with Gasteiger partial charge in [-0.15, -0.1) is 0 Å². The van der Waals surface area contributed by atoms with Crippen LogP contribution in [0, 0.1) is 11.2 Å². The minimum atomic E-state index is -3.84. The third-order valence-corrected chi connectivity index (χ3v) is 4.66. The van der Waals surface area contributed by atoms with Crippen molar-refractivity contribution in [2.45, 2.75) is 25.7 Å². The zero-order valence-corrected chi connectivity index (χ0v) is 13.6. The molecule has 112 valence electrons. The molecule has 0 amide bonds. The molecule has 0 aliphatic carbocycles. The van der Waals surface area contributed by atoms with Crippen molar-refractivity contribution in [3.63, 3.8) is 0 Å². The highest BCUT2D eigenvalue weighted by atomic mass is 32.2. The SMILES string of the molecule is CN(CC(C)(C)C)S(=O)(=O)c1cccc(F)c1C(N)=S. The summed E-state index contributed by atoms with van der Waals surface area (Å²) in [5, 5.41) is 0. The highest BCUT2D eigenvalue weighted by molar-refractivity contribution is 7.89. The van der Waals surface area contributed by atoms with Gasteiger partial charge in [0.2, 0.25) is 10.0 Å². The molecule has 0 radical (unpaired) electrons. The second kappa shape index (κ2) is 5.75. The van der Waals surface area contributed by atoms with Gasteiger partial charge in [-0.05, 0) is 17.5 Å². The van der Waals surface area contributed by atoms with E-state index in [0.717, 1.165) is 6.07 Å². The lowest BCUT2D eigenvalue weighted by atomic mass is 9.97. The predicted octanol–water partition coefficient (Wildman–Crippen LogP) is 2.13. The molecule has 7 heteroatoms. The summed E-state index contributed by atoms with van der Waals surface area (Å²) in [7, 11) is -2.39. The van der Waals surface area contributed by atoms with Crippen molar-refractivity contribution in [2.24, 2.45) is 11.1 Å². The summed E-state index contributed by atoms with van der Waals surface area (Å²) < 4.78 is 40.0. The molecule has 0 aliphatic rings. The number of thiocarbonyl (C=S) groups is 1. The third kappa shape index (κ3) is 3.74. The van der Waals surface area contributed by atoms with E-state index in [1.165, 1.54) is 23.5 Å². The van der Waals surface area contributed by atoms with Crippen molar-refractivity contribution in [3.05, 3.63) is 29.6 Å². The van der Waals surface area contributed by atoms with Crippen molar-refractivity contribution in [1.29, 1.82) is 0 Å². The average molecular weight is 318 g/mol. The quantitative estimate of drug-likeness (QED) is 0.864. The number of hydrogen-bond donors (Lipinski definition) is 1. The van der Waals surface area contributed by atoms with Crippen LogP contribution in [0.3, 0.4) is 0 Å². The number of rotatable bonds is 4. The van der Waals surface area contributed by atoms with Crippen LogP contribution in [-0.2, 0) is 10.0 Å². The lowest BCUT2D eigenvalue weighted by Crippen LogP contribution is -2.35. The first-order valence-electron chi connectivity index (χ1n) is 6.01. The van der Waals surface area contributed by atoms with Crippen molar-refractivity contribution in [3.8, 4) is 0 Å². The molecule has 0 spiro atoms. The minimum absolute atomic E-state index is 0.197. The van der Waals surface area contributed by atoms with Crippen LogP contribution < -0.4 is 5.73 Å². The summed E-state index contributed by atoms with van der Waals surface area (Å²) in [6.45, 7) is 6.04. The highest BCUT2D eigenvalue weighted by Crippen LogP contribution is 2.24. The molecule has 2 N–H and O–H groups in total. The maximum Gasteiger partial charge on any atom is 0.243 e. The molecular formula is C13H19FN2O2S2. The van der Waals surface area contributed by atoms with E-state index < -0.39 is 15.8 Å². The summed E-state index contributed by atoms with van der Waals surface area (Å²) in [4.78, 5) is -0.470. The van der Waals surface area contributed by atoms with Gasteiger partial charge in [-0.3, -0.25) is 0 Å². The number of halogens is 1. The van der Waals surface area contributed by atoms with Crippen LogP contribution >= 0.6 is 12.2 Å². The molecule has 0 saturated heterocycles. The third-order valence-electron chi connectivity index (χ3n) is 2.61. The Bertz CT molecular complexity index is 622. The van der Waals surface area contributed by atoms with E-state index in [1.54, 1.807) is 0 Å². The molecule has 0 atom stereocenters.